The van der Waals surface area contributed by atoms with Gasteiger partial charge in [0.1, 0.15) is 0 Å². The number of phenols is 1. The molecule has 1 aromatic carbocycles. The molecule has 0 spiro atoms. The first-order chi connectivity index (χ1) is 8.90. The molecule has 0 amide bonds. The van der Waals surface area contributed by atoms with E-state index < -0.39 is 28.4 Å². The molecular formula is C11H12ClN3O5. The third-order valence-electron chi connectivity index (χ3n) is 2.46. The fourth-order valence-corrected chi connectivity index (χ4v) is 1.50. The highest BCUT2D eigenvalue weighted by Gasteiger charge is 2.24. The Bertz CT molecular complexity index is 570. The van der Waals surface area contributed by atoms with Crippen LogP contribution in [0.15, 0.2) is 12.1 Å². The maximum Gasteiger partial charge on any atom is 0.312 e. The predicted octanol–water partition coefficient (Wildman–Crippen LogP) is 1.16. The Morgan fingerprint density at radius 2 is 2.25 bits per heavy atom. The van der Waals surface area contributed by atoms with Gasteiger partial charge in [-0.05, 0) is 6.07 Å². The number of ether oxygens (including phenoxy) is 1. The summed E-state index contributed by atoms with van der Waals surface area (Å²) in [7, 11) is 1.17. The van der Waals surface area contributed by atoms with Crippen LogP contribution in [0, 0.1) is 21.4 Å². The van der Waals surface area contributed by atoms with Gasteiger partial charge < -0.3 is 15.6 Å². The summed E-state index contributed by atoms with van der Waals surface area (Å²) in [5.74, 6) is -1.28. The second kappa shape index (κ2) is 7.28. The Labute approximate surface area is 120 Å². The maximum absolute atomic E-state index is 11.1. The number of nitrogens with zero attached hydrogens (tertiary/aromatic N) is 2. The molecule has 3 N–H and O–H groups in total. The lowest BCUT2D eigenvalue weighted by molar-refractivity contribution is -0.386. The van der Waals surface area contributed by atoms with Gasteiger partial charge in [0.2, 0.25) is 0 Å². The first kappa shape index (κ1) is 17.6. The summed E-state index contributed by atoms with van der Waals surface area (Å²) in [5, 5.41) is 29.3. The summed E-state index contributed by atoms with van der Waals surface area (Å²) in [6, 6.07) is 2.86. The Morgan fingerprint density at radius 1 is 1.65 bits per heavy atom. The maximum atomic E-state index is 11.1. The molecule has 1 rings (SSSR count). The zero-order valence-electron chi connectivity index (χ0n) is 10.4. The van der Waals surface area contributed by atoms with E-state index in [1.54, 1.807) is 6.07 Å². The summed E-state index contributed by atoms with van der Waals surface area (Å²) in [4.78, 5) is 21.0. The normalized spacial score (nSPS) is 10.8. The van der Waals surface area contributed by atoms with E-state index in [9.17, 15) is 20.0 Å². The second-order valence-corrected chi connectivity index (χ2v) is 3.69. The first-order valence-corrected chi connectivity index (χ1v) is 5.14. The van der Waals surface area contributed by atoms with Crippen LogP contribution >= 0.6 is 12.4 Å². The standard InChI is InChI=1S/C11H11N3O5.ClH/c1-19-10(15)4-8(13)7-2-6(5-12)3-9(11(7)16)14(17)18;/h2-3,8,16H,4,13H2,1H3;1H/t8-;/m1./s1. The van der Waals surface area contributed by atoms with Crippen LogP contribution in [0.4, 0.5) is 5.69 Å². The van der Waals surface area contributed by atoms with Crippen LogP contribution in [0.3, 0.4) is 0 Å². The molecule has 0 saturated heterocycles. The molecule has 0 fully saturated rings. The van der Waals surface area contributed by atoms with Gasteiger partial charge >= 0.3 is 11.7 Å². The van der Waals surface area contributed by atoms with Crippen LogP contribution in [-0.4, -0.2) is 23.1 Å². The van der Waals surface area contributed by atoms with Crippen LogP contribution in [-0.2, 0) is 9.53 Å². The number of nitro benzene ring substituents is 1. The van der Waals surface area contributed by atoms with E-state index >= 15 is 0 Å². The molecule has 20 heavy (non-hydrogen) atoms. The van der Waals surface area contributed by atoms with Gasteiger partial charge in [-0.3, -0.25) is 14.9 Å². The van der Waals surface area contributed by atoms with Crippen molar-refractivity contribution in [3.05, 3.63) is 33.4 Å². The number of benzene rings is 1. The average molecular weight is 302 g/mol. The summed E-state index contributed by atoms with van der Waals surface area (Å²) >= 11 is 0. The van der Waals surface area contributed by atoms with Crippen molar-refractivity contribution in [2.24, 2.45) is 5.73 Å². The lowest BCUT2D eigenvalue weighted by Gasteiger charge is -2.12. The Kier molecular flexibility index (Phi) is 6.41. The topological polar surface area (TPSA) is 139 Å². The molecule has 0 aliphatic heterocycles. The van der Waals surface area contributed by atoms with Gasteiger partial charge in [-0.1, -0.05) is 0 Å². The number of hydrogen-bond acceptors (Lipinski definition) is 7. The van der Waals surface area contributed by atoms with E-state index in [0.717, 1.165) is 6.07 Å². The molecule has 0 unspecified atom stereocenters. The summed E-state index contributed by atoms with van der Waals surface area (Å²) < 4.78 is 4.42. The predicted molar refractivity (Wildman–Crippen MR) is 70.3 cm³/mol. The molecule has 8 nitrogen and oxygen atoms in total. The summed E-state index contributed by atoms with van der Waals surface area (Å²) in [6.07, 6.45) is -0.268. The first-order valence-electron chi connectivity index (χ1n) is 5.14. The second-order valence-electron chi connectivity index (χ2n) is 3.69. The molecule has 0 aliphatic rings. The van der Waals surface area contributed by atoms with Crippen molar-refractivity contribution in [1.29, 1.82) is 5.26 Å². The van der Waals surface area contributed by atoms with Crippen molar-refractivity contribution < 1.29 is 19.6 Å². The summed E-state index contributed by atoms with van der Waals surface area (Å²) in [5.41, 5.74) is 4.97. The van der Waals surface area contributed by atoms with Crippen LogP contribution in [0.25, 0.3) is 0 Å². The molecule has 0 saturated carbocycles. The Morgan fingerprint density at radius 3 is 2.70 bits per heavy atom. The van der Waals surface area contributed by atoms with E-state index in [2.05, 4.69) is 4.74 Å². The number of nitrogens with two attached hydrogens (primary N) is 1. The minimum Gasteiger partial charge on any atom is -0.502 e. The number of aromatic hydroxyl groups is 1. The molecule has 0 aromatic heterocycles. The molecule has 0 heterocycles. The van der Waals surface area contributed by atoms with Crippen molar-refractivity contribution >= 4 is 24.1 Å². The lowest BCUT2D eigenvalue weighted by Crippen LogP contribution is -2.17. The van der Waals surface area contributed by atoms with E-state index in [4.69, 9.17) is 11.0 Å². The van der Waals surface area contributed by atoms with Crippen LogP contribution in [0.5, 0.6) is 5.75 Å². The van der Waals surface area contributed by atoms with Crippen molar-refractivity contribution in [3.63, 3.8) is 0 Å². The molecule has 0 aliphatic carbocycles. The third-order valence-corrected chi connectivity index (χ3v) is 2.46. The van der Waals surface area contributed by atoms with Gasteiger partial charge in [-0.15, -0.1) is 12.4 Å². The molecule has 0 radical (unpaired) electrons. The fourth-order valence-electron chi connectivity index (χ4n) is 1.50. The number of phenolic OH excluding ortho intramolecular Hbond substituents is 1. The molecule has 9 heteroatoms. The van der Waals surface area contributed by atoms with E-state index in [1.165, 1.54) is 13.2 Å². The molecular weight excluding hydrogens is 290 g/mol. The Hall–Kier alpha value is -2.37. The number of rotatable bonds is 4. The van der Waals surface area contributed by atoms with Crippen LogP contribution in [0.1, 0.15) is 23.6 Å². The Balaban J connectivity index is 0.00000361. The minimum atomic E-state index is -1.00. The number of carbonyl (C=O) groups is 1. The lowest BCUT2D eigenvalue weighted by atomic mass is 10.00. The van der Waals surface area contributed by atoms with E-state index in [0.29, 0.717) is 0 Å². The highest BCUT2D eigenvalue weighted by molar-refractivity contribution is 5.85. The third kappa shape index (κ3) is 3.81. The fraction of sp³-hybridized carbons (Fsp3) is 0.273. The van der Waals surface area contributed by atoms with Gasteiger partial charge in [0.15, 0.2) is 5.75 Å². The number of hydrogen-bond donors (Lipinski definition) is 2. The minimum absolute atomic E-state index is 0. The van der Waals surface area contributed by atoms with Gasteiger partial charge in [0, 0.05) is 17.7 Å². The molecule has 1 aromatic rings. The van der Waals surface area contributed by atoms with Gasteiger partial charge in [0.25, 0.3) is 0 Å². The van der Waals surface area contributed by atoms with Crippen molar-refractivity contribution in [2.45, 2.75) is 12.5 Å². The number of nitriles is 1. The number of esters is 1. The van der Waals surface area contributed by atoms with Crippen LogP contribution in [0.2, 0.25) is 0 Å². The molecule has 1 atom stereocenters. The highest BCUT2D eigenvalue weighted by atomic mass is 35.5. The number of carbonyl (C=O) groups excluding carboxylic acids is 1. The monoisotopic (exact) mass is 301 g/mol. The molecule has 0 bridgehead atoms. The number of halogens is 1. The quantitative estimate of drug-likeness (QED) is 0.483. The van der Waals surface area contributed by atoms with Crippen molar-refractivity contribution in [3.8, 4) is 11.8 Å². The van der Waals surface area contributed by atoms with Crippen molar-refractivity contribution in [2.75, 3.05) is 7.11 Å². The van der Waals surface area contributed by atoms with E-state index in [1.807, 2.05) is 0 Å². The van der Waals surface area contributed by atoms with Crippen LogP contribution < -0.4 is 5.73 Å². The van der Waals surface area contributed by atoms with E-state index in [-0.39, 0.29) is 30.0 Å². The number of nitro groups is 1. The highest BCUT2D eigenvalue weighted by Crippen LogP contribution is 2.35. The average Bonchev–Trinajstić information content (AvgIpc) is 2.38. The smallest absolute Gasteiger partial charge is 0.312 e. The van der Waals surface area contributed by atoms with Gasteiger partial charge in [-0.2, -0.15) is 5.26 Å². The summed E-state index contributed by atoms with van der Waals surface area (Å²) in [6.45, 7) is 0. The number of methoxy groups -OCH3 is 1. The largest absolute Gasteiger partial charge is 0.502 e. The zero-order valence-corrected chi connectivity index (χ0v) is 11.2. The van der Waals surface area contributed by atoms with Gasteiger partial charge in [-0.25, -0.2) is 0 Å². The van der Waals surface area contributed by atoms with Crippen molar-refractivity contribution in [1.82, 2.24) is 0 Å². The molecule has 108 valence electrons. The SMILES string of the molecule is COC(=O)C[C@@H](N)c1cc(C#N)cc([N+](=O)[O-])c1O.Cl. The zero-order chi connectivity index (χ0) is 14.6. The van der Waals surface area contributed by atoms with Gasteiger partial charge in [0.05, 0.1) is 30.1 Å².